The summed E-state index contributed by atoms with van der Waals surface area (Å²) >= 11 is 0. The summed E-state index contributed by atoms with van der Waals surface area (Å²) in [5.41, 5.74) is 0. The van der Waals surface area contributed by atoms with Crippen molar-refractivity contribution >= 4 is 5.91 Å². The lowest BCUT2D eigenvalue weighted by Crippen LogP contribution is -2.58. The Bertz CT molecular complexity index is 238. The fourth-order valence-electron chi connectivity index (χ4n) is 1.85. The van der Waals surface area contributed by atoms with Crippen molar-refractivity contribution in [3.8, 4) is 0 Å². The predicted octanol–water partition coefficient (Wildman–Crippen LogP) is 0.258. The van der Waals surface area contributed by atoms with E-state index >= 15 is 0 Å². The van der Waals surface area contributed by atoms with E-state index in [4.69, 9.17) is 4.74 Å². The average Bonchev–Trinajstić information content (AvgIpc) is 2.34. The normalized spacial score (nSPS) is 24.2. The number of nitrogens with one attached hydrogen (secondary N) is 3. The number of piperazine rings is 1. The van der Waals surface area contributed by atoms with Crippen LogP contribution >= 0.6 is 0 Å². The Morgan fingerprint density at radius 3 is 2.72 bits per heavy atom. The highest BCUT2D eigenvalue weighted by atomic mass is 16.5. The van der Waals surface area contributed by atoms with E-state index in [2.05, 4.69) is 22.9 Å². The molecule has 0 saturated carbocycles. The van der Waals surface area contributed by atoms with E-state index in [1.165, 1.54) is 0 Å². The van der Waals surface area contributed by atoms with Crippen molar-refractivity contribution in [3.05, 3.63) is 0 Å². The lowest BCUT2D eigenvalue weighted by atomic mass is 10.1. The van der Waals surface area contributed by atoms with Gasteiger partial charge in [0.15, 0.2) is 0 Å². The monoisotopic (exact) mass is 257 g/mol. The molecule has 1 rings (SSSR count). The third-order valence-corrected chi connectivity index (χ3v) is 2.98. The zero-order valence-corrected chi connectivity index (χ0v) is 11.8. The molecule has 1 amide bonds. The number of amides is 1. The Morgan fingerprint density at radius 2 is 2.11 bits per heavy atom. The van der Waals surface area contributed by atoms with Gasteiger partial charge < -0.3 is 20.7 Å². The Labute approximate surface area is 110 Å². The molecule has 1 heterocycles. The second-order valence-electron chi connectivity index (χ2n) is 5.19. The van der Waals surface area contributed by atoms with Gasteiger partial charge in [-0.3, -0.25) is 4.79 Å². The molecule has 0 aromatic carbocycles. The van der Waals surface area contributed by atoms with Crippen LogP contribution in [0.5, 0.6) is 0 Å². The Hall–Kier alpha value is -0.650. The van der Waals surface area contributed by atoms with Gasteiger partial charge in [0.1, 0.15) is 0 Å². The quantitative estimate of drug-likeness (QED) is 0.573. The first-order chi connectivity index (χ1) is 8.59. The zero-order valence-electron chi connectivity index (χ0n) is 11.8. The minimum atomic E-state index is -0.0897. The molecule has 18 heavy (non-hydrogen) atoms. The maximum absolute atomic E-state index is 11.8. The topological polar surface area (TPSA) is 62.4 Å². The Kier molecular flexibility index (Phi) is 7.23. The molecule has 0 aromatic rings. The number of ether oxygens (including phenoxy) is 1. The molecule has 0 aromatic heterocycles. The molecule has 0 radical (unpaired) electrons. The van der Waals surface area contributed by atoms with Crippen molar-refractivity contribution in [1.82, 2.24) is 16.0 Å². The highest BCUT2D eigenvalue weighted by Crippen LogP contribution is 1.95. The van der Waals surface area contributed by atoms with Gasteiger partial charge in [0.25, 0.3) is 0 Å². The molecule has 0 aliphatic carbocycles. The van der Waals surface area contributed by atoms with Crippen LogP contribution in [0.25, 0.3) is 0 Å². The van der Waals surface area contributed by atoms with E-state index in [-0.39, 0.29) is 11.9 Å². The molecule has 2 atom stereocenters. The fraction of sp³-hybridized carbons (Fsp3) is 0.923. The summed E-state index contributed by atoms with van der Waals surface area (Å²) in [4.78, 5) is 11.8. The van der Waals surface area contributed by atoms with Crippen molar-refractivity contribution in [3.63, 3.8) is 0 Å². The van der Waals surface area contributed by atoms with Gasteiger partial charge in [-0.2, -0.15) is 0 Å². The van der Waals surface area contributed by atoms with Crippen molar-refractivity contribution in [2.45, 2.75) is 51.8 Å². The minimum absolute atomic E-state index is 0.0897. The van der Waals surface area contributed by atoms with Crippen LogP contribution in [0.3, 0.4) is 0 Å². The van der Waals surface area contributed by atoms with E-state index < -0.39 is 0 Å². The number of hydrogen-bond acceptors (Lipinski definition) is 4. The maximum atomic E-state index is 11.8. The number of hydrogen-bond donors (Lipinski definition) is 3. The van der Waals surface area contributed by atoms with E-state index in [0.29, 0.717) is 18.7 Å². The molecule has 2 unspecified atom stereocenters. The smallest absolute Gasteiger partial charge is 0.238 e. The third-order valence-electron chi connectivity index (χ3n) is 2.98. The number of unbranched alkanes of at least 4 members (excludes halogenated alkanes) is 1. The maximum Gasteiger partial charge on any atom is 0.238 e. The first-order valence-electron chi connectivity index (χ1n) is 6.95. The molecule has 1 fully saturated rings. The summed E-state index contributed by atoms with van der Waals surface area (Å²) in [6, 6.07) is 0.357. The van der Waals surface area contributed by atoms with Gasteiger partial charge in [0.05, 0.1) is 12.1 Å². The largest absolute Gasteiger partial charge is 0.379 e. The highest BCUT2D eigenvalue weighted by molar-refractivity contribution is 5.82. The SMILES string of the molecule is CC1CNC(C(=O)NCCCCOC(C)C)CN1. The molecule has 0 bridgehead atoms. The molecular formula is C13H27N3O2. The first-order valence-corrected chi connectivity index (χ1v) is 6.95. The Balaban J connectivity index is 2.00. The Morgan fingerprint density at radius 1 is 1.33 bits per heavy atom. The molecule has 0 spiro atoms. The summed E-state index contributed by atoms with van der Waals surface area (Å²) in [5.74, 6) is 0.0965. The average molecular weight is 257 g/mol. The van der Waals surface area contributed by atoms with Crippen LogP contribution in [0.2, 0.25) is 0 Å². The number of carbonyl (C=O) groups is 1. The van der Waals surface area contributed by atoms with Crippen LogP contribution in [0.4, 0.5) is 0 Å². The van der Waals surface area contributed by atoms with E-state index in [9.17, 15) is 4.79 Å². The van der Waals surface area contributed by atoms with E-state index in [1.807, 2.05) is 13.8 Å². The highest BCUT2D eigenvalue weighted by Gasteiger charge is 2.22. The molecule has 5 nitrogen and oxygen atoms in total. The second kappa shape index (κ2) is 8.45. The number of rotatable bonds is 7. The van der Waals surface area contributed by atoms with Crippen molar-refractivity contribution in [1.29, 1.82) is 0 Å². The van der Waals surface area contributed by atoms with Gasteiger partial charge in [0.2, 0.25) is 5.91 Å². The van der Waals surface area contributed by atoms with Gasteiger partial charge in [-0.05, 0) is 33.6 Å². The van der Waals surface area contributed by atoms with Crippen LogP contribution in [0, 0.1) is 0 Å². The lowest BCUT2D eigenvalue weighted by molar-refractivity contribution is -0.123. The van der Waals surface area contributed by atoms with Crippen LogP contribution in [-0.4, -0.2) is 50.3 Å². The van der Waals surface area contributed by atoms with Crippen LogP contribution < -0.4 is 16.0 Å². The van der Waals surface area contributed by atoms with E-state index in [1.54, 1.807) is 0 Å². The predicted molar refractivity (Wildman–Crippen MR) is 72.6 cm³/mol. The first kappa shape index (κ1) is 15.4. The van der Waals surface area contributed by atoms with Gasteiger partial charge >= 0.3 is 0 Å². The molecule has 1 aliphatic heterocycles. The zero-order chi connectivity index (χ0) is 13.4. The second-order valence-corrected chi connectivity index (χ2v) is 5.19. The molecule has 106 valence electrons. The van der Waals surface area contributed by atoms with Gasteiger partial charge in [-0.1, -0.05) is 0 Å². The van der Waals surface area contributed by atoms with Crippen LogP contribution in [0.15, 0.2) is 0 Å². The molecule has 5 heteroatoms. The summed E-state index contributed by atoms with van der Waals surface area (Å²) in [6.07, 6.45) is 2.25. The van der Waals surface area contributed by atoms with Gasteiger partial charge in [-0.15, -0.1) is 0 Å². The fourth-order valence-corrected chi connectivity index (χ4v) is 1.85. The van der Waals surface area contributed by atoms with Gasteiger partial charge in [0, 0.05) is 32.3 Å². The molecule has 1 aliphatic rings. The standard InChI is InChI=1S/C13H27N3O2/c1-10(2)18-7-5-4-6-14-13(17)12-9-15-11(3)8-16-12/h10-12,15-16H,4-9H2,1-3H3,(H,14,17). The number of carbonyl (C=O) groups excluding carboxylic acids is 1. The third kappa shape index (κ3) is 6.33. The summed E-state index contributed by atoms with van der Waals surface area (Å²) < 4.78 is 5.44. The molecule has 1 saturated heterocycles. The van der Waals surface area contributed by atoms with Crippen molar-refractivity contribution < 1.29 is 9.53 Å². The summed E-state index contributed by atoms with van der Waals surface area (Å²) in [7, 11) is 0. The summed E-state index contributed by atoms with van der Waals surface area (Å²) in [6.45, 7) is 9.23. The lowest BCUT2D eigenvalue weighted by Gasteiger charge is -2.28. The van der Waals surface area contributed by atoms with Gasteiger partial charge in [-0.25, -0.2) is 0 Å². The summed E-state index contributed by atoms with van der Waals surface area (Å²) in [5, 5.41) is 9.49. The van der Waals surface area contributed by atoms with Crippen molar-refractivity contribution in [2.75, 3.05) is 26.2 Å². The molecule has 3 N–H and O–H groups in total. The minimum Gasteiger partial charge on any atom is -0.379 e. The van der Waals surface area contributed by atoms with Crippen LogP contribution in [0.1, 0.15) is 33.6 Å². The van der Waals surface area contributed by atoms with E-state index in [0.717, 1.165) is 32.5 Å². The van der Waals surface area contributed by atoms with Crippen molar-refractivity contribution in [2.24, 2.45) is 0 Å². The van der Waals surface area contributed by atoms with Crippen LogP contribution in [-0.2, 0) is 9.53 Å². The molecular weight excluding hydrogens is 230 g/mol.